The molecule has 1 saturated carbocycles. The molecule has 0 unspecified atom stereocenters. The molecule has 3 atom stereocenters. The maximum absolute atomic E-state index is 15.1. The molecule has 3 rings (SSSR count). The second-order valence-electron chi connectivity index (χ2n) is 8.46. The number of aliphatic imine (C=N–C) groups is 1. The third-order valence-corrected chi connectivity index (χ3v) is 6.76. The number of amidine groups is 1. The second kappa shape index (κ2) is 7.55. The third-order valence-electron chi connectivity index (χ3n) is 5.66. The molecule has 6 nitrogen and oxygen atoms in total. The molecule has 1 heterocycles. The first-order valence-electron chi connectivity index (χ1n) is 9.43. The van der Waals surface area contributed by atoms with Gasteiger partial charge in [0, 0.05) is 29.9 Å². The van der Waals surface area contributed by atoms with E-state index in [-0.39, 0.29) is 17.7 Å². The first kappa shape index (κ1) is 20.9. The predicted octanol–water partition coefficient (Wildman–Crippen LogP) is 4.30. The van der Waals surface area contributed by atoms with Crippen molar-refractivity contribution in [2.45, 2.75) is 57.2 Å². The van der Waals surface area contributed by atoms with Crippen molar-refractivity contribution in [3.63, 3.8) is 0 Å². The number of anilines is 1. The molecule has 1 fully saturated rings. The van der Waals surface area contributed by atoms with E-state index in [2.05, 4.69) is 0 Å². The molecule has 0 saturated heterocycles. The SMILES string of the molecule is CO[C@@H]1CC[C@]2(c3cccc(N)c3F)N=C(N(C(=O)O)C(C)(C)C)SC[C@@H]2C1. The molecule has 1 aromatic carbocycles. The number of carbonyl (C=O) groups is 1. The minimum Gasteiger partial charge on any atom is -0.465 e. The van der Waals surface area contributed by atoms with E-state index < -0.39 is 23.0 Å². The molecule has 28 heavy (non-hydrogen) atoms. The second-order valence-corrected chi connectivity index (χ2v) is 9.44. The number of halogens is 1. The smallest absolute Gasteiger partial charge is 0.413 e. The molecule has 1 amide bonds. The van der Waals surface area contributed by atoms with Crippen molar-refractivity contribution in [1.29, 1.82) is 0 Å². The first-order valence-corrected chi connectivity index (χ1v) is 10.4. The molecular weight excluding hydrogens is 381 g/mol. The molecule has 0 radical (unpaired) electrons. The van der Waals surface area contributed by atoms with Gasteiger partial charge in [0.05, 0.1) is 17.3 Å². The van der Waals surface area contributed by atoms with Gasteiger partial charge >= 0.3 is 6.09 Å². The number of hydrogen-bond acceptors (Lipinski definition) is 5. The zero-order chi connectivity index (χ0) is 20.7. The van der Waals surface area contributed by atoms with Gasteiger partial charge in [0.25, 0.3) is 0 Å². The summed E-state index contributed by atoms with van der Waals surface area (Å²) in [6.07, 6.45) is 1.09. The van der Waals surface area contributed by atoms with Crippen LogP contribution in [0.15, 0.2) is 23.2 Å². The van der Waals surface area contributed by atoms with Crippen LogP contribution < -0.4 is 5.73 Å². The Labute approximate surface area is 169 Å². The fourth-order valence-electron chi connectivity index (χ4n) is 4.23. The molecule has 1 aliphatic carbocycles. The lowest BCUT2D eigenvalue weighted by Crippen LogP contribution is -2.53. The van der Waals surface area contributed by atoms with Gasteiger partial charge in [0.1, 0.15) is 0 Å². The Bertz CT molecular complexity index is 795. The number of hydrogen-bond donors (Lipinski definition) is 2. The summed E-state index contributed by atoms with van der Waals surface area (Å²) >= 11 is 1.41. The maximum Gasteiger partial charge on any atom is 0.413 e. The van der Waals surface area contributed by atoms with Crippen LogP contribution in [-0.4, -0.2) is 45.8 Å². The van der Waals surface area contributed by atoms with E-state index in [1.165, 1.54) is 22.7 Å². The number of ether oxygens (including phenoxy) is 1. The molecule has 1 aromatic rings. The van der Waals surface area contributed by atoms with Crippen LogP contribution in [0, 0.1) is 11.7 Å². The molecule has 8 heteroatoms. The topological polar surface area (TPSA) is 88.2 Å². The number of nitrogens with two attached hydrogens (primary N) is 1. The summed E-state index contributed by atoms with van der Waals surface area (Å²) in [7, 11) is 1.69. The standard InChI is InChI=1S/C20H28FN3O3S/c1-19(2,3)24(18(25)26)17-23-20(14-6-5-7-15(22)16(14)21)9-8-13(27-4)10-12(20)11-28-17/h5-7,12-13H,8-11,22H2,1-4H3,(H,25,26)/t12-,13+,20-/m0/s1. The van der Waals surface area contributed by atoms with E-state index >= 15 is 4.39 Å². The molecule has 0 aromatic heterocycles. The van der Waals surface area contributed by atoms with Crippen molar-refractivity contribution < 1.29 is 19.0 Å². The van der Waals surface area contributed by atoms with Crippen LogP contribution in [-0.2, 0) is 10.3 Å². The third kappa shape index (κ3) is 3.59. The van der Waals surface area contributed by atoms with Crippen molar-refractivity contribution in [3.8, 4) is 0 Å². The summed E-state index contributed by atoms with van der Waals surface area (Å²) in [5.41, 5.74) is 4.88. The monoisotopic (exact) mass is 409 g/mol. The average molecular weight is 410 g/mol. The number of nitrogens with zero attached hydrogens (tertiary/aromatic N) is 2. The van der Waals surface area contributed by atoms with Gasteiger partial charge in [-0.05, 0) is 46.1 Å². The summed E-state index contributed by atoms with van der Waals surface area (Å²) in [4.78, 5) is 18.2. The lowest BCUT2D eigenvalue weighted by atomic mass is 9.68. The van der Waals surface area contributed by atoms with Gasteiger partial charge in [-0.1, -0.05) is 23.9 Å². The summed E-state index contributed by atoms with van der Waals surface area (Å²) in [5, 5.41) is 10.2. The van der Waals surface area contributed by atoms with Gasteiger partial charge in [-0.25, -0.2) is 9.18 Å². The van der Waals surface area contributed by atoms with Gasteiger partial charge in [-0.15, -0.1) is 0 Å². The number of methoxy groups -OCH3 is 1. The van der Waals surface area contributed by atoms with Crippen LogP contribution in [0.3, 0.4) is 0 Å². The lowest BCUT2D eigenvalue weighted by molar-refractivity contribution is 0.0223. The number of fused-ring (bicyclic) bond motifs is 1. The maximum atomic E-state index is 15.1. The molecule has 1 aliphatic heterocycles. The Kier molecular flexibility index (Phi) is 5.64. The van der Waals surface area contributed by atoms with E-state index in [1.54, 1.807) is 19.2 Å². The van der Waals surface area contributed by atoms with Crippen LogP contribution in [0.4, 0.5) is 14.9 Å². The van der Waals surface area contributed by atoms with E-state index in [4.69, 9.17) is 15.5 Å². The number of carboxylic acid groups (broad SMARTS) is 1. The first-order chi connectivity index (χ1) is 13.1. The normalized spacial score (nSPS) is 27.7. The lowest BCUT2D eigenvalue weighted by Gasteiger charge is -2.48. The highest BCUT2D eigenvalue weighted by molar-refractivity contribution is 8.13. The van der Waals surface area contributed by atoms with Crippen molar-refractivity contribution in [3.05, 3.63) is 29.6 Å². The van der Waals surface area contributed by atoms with Gasteiger partial charge in [-0.3, -0.25) is 9.89 Å². The fraction of sp³-hybridized carbons (Fsp3) is 0.600. The average Bonchev–Trinajstić information content (AvgIpc) is 2.61. The Balaban J connectivity index is 2.16. The number of amides is 1. The van der Waals surface area contributed by atoms with Crippen LogP contribution in [0.2, 0.25) is 0 Å². The highest BCUT2D eigenvalue weighted by atomic mass is 32.2. The minimum absolute atomic E-state index is 0.0341. The molecule has 0 spiro atoms. The van der Waals surface area contributed by atoms with E-state index in [0.717, 1.165) is 12.8 Å². The van der Waals surface area contributed by atoms with Crippen molar-refractivity contribution >= 4 is 28.7 Å². The molecule has 0 bridgehead atoms. The van der Waals surface area contributed by atoms with E-state index in [0.29, 0.717) is 22.9 Å². The van der Waals surface area contributed by atoms with Crippen LogP contribution >= 0.6 is 11.8 Å². The zero-order valence-electron chi connectivity index (χ0n) is 16.7. The Morgan fingerprint density at radius 2 is 2.18 bits per heavy atom. The number of nitrogen functional groups attached to an aromatic ring is 1. The molecular formula is C20H28FN3O3S. The zero-order valence-corrected chi connectivity index (χ0v) is 17.6. The van der Waals surface area contributed by atoms with E-state index in [9.17, 15) is 9.90 Å². The summed E-state index contributed by atoms with van der Waals surface area (Å²) in [6.45, 7) is 5.48. The minimum atomic E-state index is -1.06. The highest BCUT2D eigenvalue weighted by Crippen LogP contribution is 2.51. The van der Waals surface area contributed by atoms with Crippen molar-refractivity contribution in [1.82, 2.24) is 4.90 Å². The number of thioether (sulfide) groups is 1. The number of benzene rings is 1. The summed E-state index contributed by atoms with van der Waals surface area (Å²) in [6, 6.07) is 4.99. The Morgan fingerprint density at radius 3 is 2.79 bits per heavy atom. The Morgan fingerprint density at radius 1 is 1.46 bits per heavy atom. The Hall–Kier alpha value is -1.80. The molecule has 2 aliphatic rings. The van der Waals surface area contributed by atoms with Gasteiger partial charge in [-0.2, -0.15) is 0 Å². The summed E-state index contributed by atoms with van der Waals surface area (Å²) in [5.74, 6) is 0.218. The fourth-order valence-corrected chi connectivity index (χ4v) is 5.70. The number of rotatable bonds is 2. The van der Waals surface area contributed by atoms with Crippen LogP contribution in [0.25, 0.3) is 0 Å². The van der Waals surface area contributed by atoms with Gasteiger partial charge in [0.2, 0.25) is 0 Å². The largest absolute Gasteiger partial charge is 0.465 e. The molecule has 154 valence electrons. The molecule has 3 N–H and O–H groups in total. The predicted molar refractivity (Wildman–Crippen MR) is 110 cm³/mol. The summed E-state index contributed by atoms with van der Waals surface area (Å²) < 4.78 is 20.7. The quantitative estimate of drug-likeness (QED) is 0.711. The van der Waals surface area contributed by atoms with Gasteiger partial charge in [0.15, 0.2) is 11.0 Å². The highest BCUT2D eigenvalue weighted by Gasteiger charge is 2.50. The van der Waals surface area contributed by atoms with E-state index in [1.807, 2.05) is 20.8 Å². The van der Waals surface area contributed by atoms with Crippen molar-refractivity contribution in [2.24, 2.45) is 10.9 Å². The van der Waals surface area contributed by atoms with Gasteiger partial charge < -0.3 is 15.6 Å². The van der Waals surface area contributed by atoms with Crippen LogP contribution in [0.5, 0.6) is 0 Å². The van der Waals surface area contributed by atoms with Crippen molar-refractivity contribution in [2.75, 3.05) is 18.6 Å². The van der Waals surface area contributed by atoms with Crippen LogP contribution in [0.1, 0.15) is 45.6 Å².